The average molecular weight is 473 g/mol. The molecule has 0 radical (unpaired) electrons. The average Bonchev–Trinajstić information content (AvgIpc) is 3.12. The van der Waals surface area contributed by atoms with Gasteiger partial charge in [-0.2, -0.15) is 0 Å². The highest BCUT2D eigenvalue weighted by Crippen LogP contribution is 2.59. The first-order chi connectivity index (χ1) is 16.0. The van der Waals surface area contributed by atoms with Gasteiger partial charge in [-0.3, -0.25) is 0 Å². The first kappa shape index (κ1) is 27.7. The molecule has 0 aromatic rings. The first-order valence-corrected chi connectivity index (χ1v) is 14.1. The lowest BCUT2D eigenvalue weighted by atomic mass is 9.62. The van der Waals surface area contributed by atoms with Gasteiger partial charge in [-0.25, -0.2) is 0 Å². The van der Waals surface area contributed by atoms with Crippen LogP contribution in [-0.2, 0) is 0 Å². The van der Waals surface area contributed by atoms with E-state index in [1.165, 1.54) is 31.3 Å². The molecule has 1 fully saturated rings. The molecular formula is C31H52O3. The molecule has 1 saturated carbocycles. The Kier molecular flexibility index (Phi) is 9.31. The predicted octanol–water partition coefficient (Wildman–Crippen LogP) is 7.12. The van der Waals surface area contributed by atoms with Crippen LogP contribution in [0.5, 0.6) is 0 Å². The van der Waals surface area contributed by atoms with Gasteiger partial charge in [0, 0.05) is 5.92 Å². The van der Waals surface area contributed by atoms with Gasteiger partial charge in [0.05, 0.1) is 17.8 Å². The van der Waals surface area contributed by atoms with E-state index in [4.69, 9.17) is 0 Å². The molecule has 3 rings (SSSR count). The zero-order valence-corrected chi connectivity index (χ0v) is 22.8. The van der Waals surface area contributed by atoms with Crippen molar-refractivity contribution in [3.63, 3.8) is 0 Å². The number of fused-ring (bicyclic) bond motifs is 1. The van der Waals surface area contributed by atoms with Crippen LogP contribution in [0.1, 0.15) is 112 Å². The topological polar surface area (TPSA) is 60.7 Å². The molecule has 3 aliphatic carbocycles. The molecule has 7 atom stereocenters. The fourth-order valence-corrected chi connectivity index (χ4v) is 7.49. The van der Waals surface area contributed by atoms with Crippen LogP contribution >= 0.6 is 0 Å². The summed E-state index contributed by atoms with van der Waals surface area (Å²) in [5, 5.41) is 31.7. The second-order valence-corrected chi connectivity index (χ2v) is 12.7. The lowest BCUT2D eigenvalue weighted by Gasteiger charge is -2.43. The second kappa shape index (κ2) is 11.4. The Morgan fingerprint density at radius 2 is 1.91 bits per heavy atom. The lowest BCUT2D eigenvalue weighted by molar-refractivity contribution is 0.0147. The Labute approximate surface area is 209 Å². The molecule has 3 nitrogen and oxygen atoms in total. The Bertz CT molecular complexity index is 770. The summed E-state index contributed by atoms with van der Waals surface area (Å²) in [6.45, 7) is 13.0. The van der Waals surface area contributed by atoms with E-state index >= 15 is 0 Å². The van der Waals surface area contributed by atoms with E-state index in [1.54, 1.807) is 0 Å². The van der Waals surface area contributed by atoms with Gasteiger partial charge in [-0.05, 0) is 106 Å². The van der Waals surface area contributed by atoms with Crippen LogP contribution in [0, 0.1) is 29.1 Å². The van der Waals surface area contributed by atoms with Crippen LogP contribution in [0.15, 0.2) is 34.9 Å². The summed E-state index contributed by atoms with van der Waals surface area (Å²) in [5.74, 6) is 2.02. The lowest BCUT2D eigenvalue weighted by Crippen LogP contribution is -2.37. The van der Waals surface area contributed by atoms with Crippen LogP contribution in [-0.4, -0.2) is 33.1 Å². The molecule has 0 spiro atoms. The number of unbranched alkanes of at least 4 members (excludes halogenated alkanes) is 1. The van der Waals surface area contributed by atoms with Crippen molar-refractivity contribution in [1.29, 1.82) is 0 Å². The fraction of sp³-hybridized carbons (Fsp3) is 0.806. The van der Waals surface area contributed by atoms with E-state index in [0.717, 1.165) is 55.6 Å². The highest BCUT2D eigenvalue weighted by Gasteiger charge is 2.49. The number of hydrogen-bond acceptors (Lipinski definition) is 3. The third kappa shape index (κ3) is 6.26. The van der Waals surface area contributed by atoms with E-state index in [-0.39, 0.29) is 5.92 Å². The van der Waals surface area contributed by atoms with E-state index in [0.29, 0.717) is 23.7 Å². The van der Waals surface area contributed by atoms with E-state index in [2.05, 4.69) is 45.9 Å². The summed E-state index contributed by atoms with van der Waals surface area (Å²) in [6.07, 6.45) is 17.8. The van der Waals surface area contributed by atoms with Crippen molar-refractivity contribution >= 4 is 0 Å². The Hall–Kier alpha value is -0.900. The highest BCUT2D eigenvalue weighted by molar-refractivity contribution is 5.37. The number of hydrogen-bond donors (Lipinski definition) is 3. The maximum absolute atomic E-state index is 10.9. The third-order valence-electron chi connectivity index (χ3n) is 9.66. The minimum atomic E-state index is -0.559. The van der Waals surface area contributed by atoms with Crippen molar-refractivity contribution in [2.24, 2.45) is 29.1 Å². The number of rotatable bonds is 10. The molecule has 0 aliphatic heterocycles. The predicted molar refractivity (Wildman–Crippen MR) is 142 cm³/mol. The molecule has 3 heteroatoms. The maximum atomic E-state index is 10.9. The SMILES string of the molecule is CCCC[C@H]1[C@H](O)CC(/C=C\C2=CCC[C@@]3(C)[C@@H]2CC[C@@H]3[C@H](C)CCCC(C)(C)O)=C(C)[C@H]1O. The Morgan fingerprint density at radius 3 is 2.59 bits per heavy atom. The smallest absolute Gasteiger partial charge is 0.0806 e. The van der Waals surface area contributed by atoms with E-state index < -0.39 is 17.8 Å². The standard InChI is InChI=1S/C31H52O3/c1-7-8-13-25-28(32)20-24(22(3)29(25)33)15-14-23-12-10-19-31(6)26(16-17-27(23)31)21(2)11-9-18-30(4,5)34/h12,14-15,21,25-29,32-34H,7-11,13,16-20H2,1-6H3/b15-14-/t21-,25+,26-,27-,28-,29-,31-/m1/s1. The van der Waals surface area contributed by atoms with Crippen molar-refractivity contribution in [2.75, 3.05) is 0 Å². The van der Waals surface area contributed by atoms with Crippen molar-refractivity contribution in [3.05, 3.63) is 34.9 Å². The molecule has 3 aliphatic rings. The van der Waals surface area contributed by atoms with Crippen molar-refractivity contribution < 1.29 is 15.3 Å². The molecule has 3 N–H and O–H groups in total. The van der Waals surface area contributed by atoms with Crippen LogP contribution in [0.2, 0.25) is 0 Å². The Balaban J connectivity index is 1.68. The van der Waals surface area contributed by atoms with Gasteiger partial charge >= 0.3 is 0 Å². The third-order valence-corrected chi connectivity index (χ3v) is 9.66. The van der Waals surface area contributed by atoms with Gasteiger partial charge in [0.25, 0.3) is 0 Å². The van der Waals surface area contributed by atoms with Gasteiger partial charge in [-0.15, -0.1) is 0 Å². The van der Waals surface area contributed by atoms with Crippen LogP contribution < -0.4 is 0 Å². The monoisotopic (exact) mass is 472 g/mol. The first-order valence-electron chi connectivity index (χ1n) is 14.1. The van der Waals surface area contributed by atoms with E-state index in [9.17, 15) is 15.3 Å². The molecule has 194 valence electrons. The molecule has 0 heterocycles. The number of allylic oxidation sites excluding steroid dienone is 4. The number of aliphatic hydroxyl groups excluding tert-OH is 2. The van der Waals surface area contributed by atoms with Gasteiger partial charge in [0.15, 0.2) is 0 Å². The van der Waals surface area contributed by atoms with E-state index in [1.807, 2.05) is 13.8 Å². The van der Waals surface area contributed by atoms with Gasteiger partial charge in [0.1, 0.15) is 0 Å². The van der Waals surface area contributed by atoms with Crippen molar-refractivity contribution in [2.45, 2.75) is 130 Å². The largest absolute Gasteiger partial charge is 0.392 e. The molecule has 0 aromatic heterocycles. The number of aliphatic hydroxyl groups is 3. The highest BCUT2D eigenvalue weighted by atomic mass is 16.3. The minimum absolute atomic E-state index is 0.0252. The summed E-state index contributed by atoms with van der Waals surface area (Å²) >= 11 is 0. The van der Waals surface area contributed by atoms with Gasteiger partial charge < -0.3 is 15.3 Å². The summed E-state index contributed by atoms with van der Waals surface area (Å²) in [5.41, 5.74) is 3.43. The minimum Gasteiger partial charge on any atom is -0.392 e. The quantitative estimate of drug-likeness (QED) is 0.317. The molecule has 0 amide bonds. The molecule has 0 aromatic carbocycles. The zero-order valence-electron chi connectivity index (χ0n) is 22.8. The molecule has 0 saturated heterocycles. The normalized spacial score (nSPS) is 35.6. The summed E-state index contributed by atoms with van der Waals surface area (Å²) in [4.78, 5) is 0. The summed E-state index contributed by atoms with van der Waals surface area (Å²) in [6, 6.07) is 0. The van der Waals surface area contributed by atoms with Crippen LogP contribution in [0.4, 0.5) is 0 Å². The van der Waals surface area contributed by atoms with Gasteiger partial charge in [-0.1, -0.05) is 64.7 Å². The summed E-state index contributed by atoms with van der Waals surface area (Å²) < 4.78 is 0. The maximum Gasteiger partial charge on any atom is 0.0806 e. The fourth-order valence-electron chi connectivity index (χ4n) is 7.49. The molecule has 34 heavy (non-hydrogen) atoms. The molecule has 0 unspecified atom stereocenters. The van der Waals surface area contributed by atoms with Crippen LogP contribution in [0.25, 0.3) is 0 Å². The van der Waals surface area contributed by atoms with Crippen LogP contribution in [0.3, 0.4) is 0 Å². The Morgan fingerprint density at radius 1 is 1.18 bits per heavy atom. The second-order valence-electron chi connectivity index (χ2n) is 12.7. The molecule has 0 bridgehead atoms. The van der Waals surface area contributed by atoms with Crippen molar-refractivity contribution in [1.82, 2.24) is 0 Å². The van der Waals surface area contributed by atoms with Crippen molar-refractivity contribution in [3.8, 4) is 0 Å². The summed E-state index contributed by atoms with van der Waals surface area (Å²) in [7, 11) is 0. The van der Waals surface area contributed by atoms with Gasteiger partial charge in [0.2, 0.25) is 0 Å². The zero-order chi connectivity index (χ0) is 25.1. The molecular weight excluding hydrogens is 420 g/mol.